The molecule has 0 spiro atoms. The number of pyridine rings is 1. The van der Waals surface area contributed by atoms with Crippen LogP contribution in [0.4, 0.5) is 20.6 Å². The van der Waals surface area contributed by atoms with Gasteiger partial charge in [-0.15, -0.1) is 0 Å². The van der Waals surface area contributed by atoms with Gasteiger partial charge in [0.15, 0.2) is 0 Å². The van der Waals surface area contributed by atoms with Gasteiger partial charge in [-0.1, -0.05) is 6.07 Å². The minimum Gasteiger partial charge on any atom is -0.481 e. The molecule has 194 valence electrons. The van der Waals surface area contributed by atoms with Crippen molar-refractivity contribution in [2.45, 2.75) is 31.5 Å². The number of anilines is 2. The van der Waals surface area contributed by atoms with Crippen LogP contribution in [0.5, 0.6) is 0 Å². The number of aliphatic hydroxyl groups is 2. The summed E-state index contributed by atoms with van der Waals surface area (Å²) in [5.41, 5.74) is 7.20. The first-order chi connectivity index (χ1) is 17.6. The molecule has 12 nitrogen and oxygen atoms in total. The highest BCUT2D eigenvalue weighted by molar-refractivity contribution is 5.98. The molecule has 13 heteroatoms. The van der Waals surface area contributed by atoms with Crippen LogP contribution in [0.25, 0.3) is 33.3 Å². The van der Waals surface area contributed by atoms with Crippen LogP contribution in [-0.4, -0.2) is 61.0 Å². The zero-order valence-corrected chi connectivity index (χ0v) is 19.4. The van der Waals surface area contributed by atoms with Gasteiger partial charge in [0.1, 0.15) is 17.2 Å². The van der Waals surface area contributed by atoms with Gasteiger partial charge in [-0.25, -0.2) is 14.2 Å². The molecule has 0 aliphatic rings. The van der Waals surface area contributed by atoms with E-state index in [1.807, 2.05) is 0 Å². The van der Waals surface area contributed by atoms with Crippen molar-refractivity contribution in [3.63, 3.8) is 0 Å². The van der Waals surface area contributed by atoms with Crippen LogP contribution in [0.1, 0.15) is 19.3 Å². The molecule has 0 bridgehead atoms. The second-order valence-electron chi connectivity index (χ2n) is 8.53. The molecule has 2 atom stereocenters. The number of aromatic amines is 2. The maximum Gasteiger partial charge on any atom is 0.319 e. The number of rotatable bonds is 9. The lowest BCUT2D eigenvalue weighted by Gasteiger charge is -2.14. The third-order valence-electron chi connectivity index (χ3n) is 5.72. The van der Waals surface area contributed by atoms with Crippen molar-refractivity contribution >= 4 is 45.3 Å². The van der Waals surface area contributed by atoms with Crippen molar-refractivity contribution < 1.29 is 29.3 Å². The molecule has 4 aromatic rings. The molecule has 2 unspecified atom stereocenters. The summed E-state index contributed by atoms with van der Waals surface area (Å²) in [4.78, 5) is 45.4. The summed E-state index contributed by atoms with van der Waals surface area (Å²) in [5.74, 6) is -1.61. The minimum atomic E-state index is -1.17. The lowest BCUT2D eigenvalue weighted by Crippen LogP contribution is -2.32. The molecule has 0 fully saturated rings. The number of carboxylic acids is 1. The summed E-state index contributed by atoms with van der Waals surface area (Å²) < 4.78 is 14.4. The first-order valence-corrected chi connectivity index (χ1v) is 11.3. The molecule has 2 amide bonds. The first-order valence-electron chi connectivity index (χ1n) is 11.3. The van der Waals surface area contributed by atoms with Crippen molar-refractivity contribution in [1.82, 2.24) is 20.3 Å². The van der Waals surface area contributed by atoms with Gasteiger partial charge >= 0.3 is 12.0 Å². The Morgan fingerprint density at radius 3 is 2.65 bits per heavy atom. The Labute approximate surface area is 208 Å². The van der Waals surface area contributed by atoms with E-state index in [0.29, 0.717) is 16.7 Å². The zero-order valence-electron chi connectivity index (χ0n) is 19.4. The van der Waals surface area contributed by atoms with Crippen LogP contribution in [0.3, 0.4) is 0 Å². The van der Waals surface area contributed by atoms with Gasteiger partial charge in [0.2, 0.25) is 0 Å². The Bertz CT molecular complexity index is 1530. The molecule has 4 rings (SSSR count). The molecule has 2 aromatic heterocycles. The smallest absolute Gasteiger partial charge is 0.319 e. The van der Waals surface area contributed by atoms with Crippen LogP contribution in [0.2, 0.25) is 0 Å². The number of aliphatic carboxylic acids is 1. The Morgan fingerprint density at radius 1 is 1.11 bits per heavy atom. The van der Waals surface area contributed by atoms with Gasteiger partial charge in [0, 0.05) is 12.2 Å². The largest absolute Gasteiger partial charge is 0.481 e. The Kier molecular flexibility index (Phi) is 7.36. The fourth-order valence-electron chi connectivity index (χ4n) is 4.02. The maximum absolute atomic E-state index is 14.4. The second kappa shape index (κ2) is 10.6. The predicted octanol–water partition coefficient (Wildman–Crippen LogP) is 1.89. The average molecular weight is 512 g/mol. The predicted molar refractivity (Wildman–Crippen MR) is 135 cm³/mol. The van der Waals surface area contributed by atoms with Crippen molar-refractivity contribution in [3.8, 4) is 11.4 Å². The first kappa shape index (κ1) is 25.6. The van der Waals surface area contributed by atoms with E-state index in [1.165, 1.54) is 12.1 Å². The molecule has 0 aliphatic carbocycles. The third-order valence-corrected chi connectivity index (χ3v) is 5.72. The van der Waals surface area contributed by atoms with Crippen LogP contribution in [0, 0.1) is 5.82 Å². The highest BCUT2D eigenvalue weighted by Gasteiger charge is 2.18. The van der Waals surface area contributed by atoms with Crippen LogP contribution < -0.4 is 21.9 Å². The van der Waals surface area contributed by atoms with E-state index in [1.54, 1.807) is 24.3 Å². The van der Waals surface area contributed by atoms with E-state index in [0.717, 1.165) is 0 Å². The number of imidazole rings is 1. The minimum absolute atomic E-state index is 0.00640. The molecule has 0 saturated heterocycles. The summed E-state index contributed by atoms with van der Waals surface area (Å²) in [6.45, 7) is 0.0871. The topological polar surface area (TPSA) is 206 Å². The number of aromatic nitrogens is 3. The van der Waals surface area contributed by atoms with Gasteiger partial charge < -0.3 is 41.7 Å². The number of aliphatic hydroxyl groups excluding tert-OH is 2. The van der Waals surface area contributed by atoms with Crippen molar-refractivity contribution in [3.05, 3.63) is 52.6 Å². The fourth-order valence-corrected chi connectivity index (χ4v) is 4.02. The molecule has 0 saturated carbocycles. The molecule has 37 heavy (non-hydrogen) atoms. The number of nitrogens with one attached hydrogen (secondary N) is 4. The van der Waals surface area contributed by atoms with Gasteiger partial charge in [0.05, 0.1) is 46.3 Å². The van der Waals surface area contributed by atoms with E-state index >= 15 is 0 Å². The van der Waals surface area contributed by atoms with E-state index in [4.69, 9.17) is 10.8 Å². The summed E-state index contributed by atoms with van der Waals surface area (Å²) in [7, 11) is 0. The highest BCUT2D eigenvalue weighted by Crippen LogP contribution is 2.30. The van der Waals surface area contributed by atoms with E-state index in [2.05, 4.69) is 25.6 Å². The number of halogens is 1. The summed E-state index contributed by atoms with van der Waals surface area (Å²) >= 11 is 0. The number of amides is 2. The van der Waals surface area contributed by atoms with E-state index in [9.17, 15) is 29.0 Å². The van der Waals surface area contributed by atoms with Crippen LogP contribution >= 0.6 is 0 Å². The summed E-state index contributed by atoms with van der Waals surface area (Å²) in [6, 6.07) is 8.50. The number of nitrogens with zero attached hydrogens (tertiary/aromatic N) is 1. The van der Waals surface area contributed by atoms with Crippen LogP contribution in [0.15, 0.2) is 41.2 Å². The molecule has 0 radical (unpaired) electrons. The SMILES string of the molecule is Nc1c(-c2nc3ccc(NC(=O)NCCC(O)CC(O)CC(=O)O)cc3[nH]2)c(=O)[nH]c2cccc(F)c12. The Morgan fingerprint density at radius 2 is 1.89 bits per heavy atom. The lowest BCUT2D eigenvalue weighted by molar-refractivity contribution is -0.139. The number of carbonyl (C=O) groups excluding carboxylic acids is 1. The van der Waals surface area contributed by atoms with Gasteiger partial charge in [-0.3, -0.25) is 9.59 Å². The second-order valence-corrected chi connectivity index (χ2v) is 8.53. The highest BCUT2D eigenvalue weighted by atomic mass is 19.1. The maximum atomic E-state index is 14.4. The number of benzene rings is 2. The Balaban J connectivity index is 1.43. The number of carbonyl (C=O) groups is 2. The zero-order chi connectivity index (χ0) is 26.7. The number of nitrogen functional groups attached to an aromatic ring is 1. The average Bonchev–Trinajstić information content (AvgIpc) is 3.20. The molecular formula is C24H25FN6O6. The molecular weight excluding hydrogens is 487 g/mol. The standard InChI is InChI=1S/C24H25FN6O6/c25-14-2-1-3-16-19(14)21(26)20(23(36)31-16)22-29-15-5-4-11(8-17(15)30-22)28-24(37)27-7-6-12(32)9-13(33)10-18(34)35/h1-5,8,12-13,32-33H,6-7,9-10H2,(H,29,30)(H,34,35)(H3,26,31,36)(H2,27,28,37). The lowest BCUT2D eigenvalue weighted by atomic mass is 10.1. The van der Waals surface area contributed by atoms with Gasteiger partial charge in [0.25, 0.3) is 5.56 Å². The van der Waals surface area contributed by atoms with Crippen molar-refractivity contribution in [2.24, 2.45) is 0 Å². The quantitative estimate of drug-likeness (QED) is 0.166. The molecule has 2 heterocycles. The number of hydrogen-bond acceptors (Lipinski definition) is 7. The molecule has 0 aliphatic heterocycles. The number of nitrogens with two attached hydrogens (primary N) is 1. The van der Waals surface area contributed by atoms with Crippen LogP contribution in [-0.2, 0) is 4.79 Å². The van der Waals surface area contributed by atoms with E-state index < -0.39 is 42.0 Å². The number of H-pyrrole nitrogens is 2. The number of fused-ring (bicyclic) bond motifs is 2. The number of carboxylic acid groups (broad SMARTS) is 1. The number of urea groups is 1. The molecule has 9 N–H and O–H groups in total. The number of hydrogen-bond donors (Lipinski definition) is 8. The third kappa shape index (κ3) is 5.85. The monoisotopic (exact) mass is 512 g/mol. The fraction of sp³-hybridized carbons (Fsp3) is 0.250. The summed E-state index contributed by atoms with van der Waals surface area (Å²) in [5, 5.41) is 33.3. The van der Waals surface area contributed by atoms with Gasteiger partial charge in [-0.05, 0) is 43.2 Å². The van der Waals surface area contributed by atoms with Crippen molar-refractivity contribution in [2.75, 3.05) is 17.6 Å². The summed E-state index contributed by atoms with van der Waals surface area (Å²) in [6.07, 6.45) is -2.62. The van der Waals surface area contributed by atoms with Gasteiger partial charge in [-0.2, -0.15) is 0 Å². The Hall–Kier alpha value is -4.49. The molecule has 2 aromatic carbocycles. The normalized spacial score (nSPS) is 12.9. The van der Waals surface area contributed by atoms with Crippen molar-refractivity contribution in [1.29, 1.82) is 0 Å². The van der Waals surface area contributed by atoms with E-state index in [-0.39, 0.29) is 47.4 Å².